The maximum atomic E-state index is 12.7. The minimum absolute atomic E-state index is 0.0157. The molecule has 0 N–H and O–H groups in total. The van der Waals surface area contributed by atoms with E-state index in [1.165, 1.54) is 10.6 Å². The predicted octanol–water partition coefficient (Wildman–Crippen LogP) is 2.44. The van der Waals surface area contributed by atoms with Gasteiger partial charge in [-0.05, 0) is 50.3 Å². The van der Waals surface area contributed by atoms with Gasteiger partial charge in [-0.3, -0.25) is 13.9 Å². The highest BCUT2D eigenvalue weighted by Crippen LogP contribution is 2.42. The summed E-state index contributed by atoms with van der Waals surface area (Å²) in [5.74, 6) is -0.202. The molecular formula is C21H30N2O5S. The van der Waals surface area contributed by atoms with Gasteiger partial charge in [0.15, 0.2) is 0 Å². The van der Waals surface area contributed by atoms with Crippen molar-refractivity contribution in [2.45, 2.75) is 45.4 Å². The molecule has 7 nitrogen and oxygen atoms in total. The topological polar surface area (TPSA) is 84.0 Å². The zero-order valence-corrected chi connectivity index (χ0v) is 18.2. The fraction of sp³-hybridized carbons (Fsp3) is 0.619. The average Bonchev–Trinajstić information content (AvgIpc) is 3.07. The van der Waals surface area contributed by atoms with Gasteiger partial charge in [0.25, 0.3) is 0 Å². The third-order valence-electron chi connectivity index (χ3n) is 5.94. The van der Waals surface area contributed by atoms with Crippen LogP contribution in [0.1, 0.15) is 49.7 Å². The second kappa shape index (κ2) is 8.73. The van der Waals surface area contributed by atoms with Crippen LogP contribution < -0.4 is 4.31 Å². The molecule has 2 heterocycles. The van der Waals surface area contributed by atoms with E-state index in [9.17, 15) is 18.0 Å². The number of esters is 1. The number of fused-ring (bicyclic) bond motifs is 1. The zero-order valence-electron chi connectivity index (χ0n) is 17.4. The van der Waals surface area contributed by atoms with Crippen LogP contribution in [0, 0.1) is 12.8 Å². The summed E-state index contributed by atoms with van der Waals surface area (Å²) in [6.45, 7) is 5.68. The molecule has 1 fully saturated rings. The van der Waals surface area contributed by atoms with Crippen LogP contribution in [0.2, 0.25) is 0 Å². The van der Waals surface area contributed by atoms with Crippen molar-refractivity contribution in [2.24, 2.45) is 5.92 Å². The Balaban J connectivity index is 1.60. The molecule has 0 bridgehead atoms. The van der Waals surface area contributed by atoms with Crippen LogP contribution in [0.15, 0.2) is 18.2 Å². The summed E-state index contributed by atoms with van der Waals surface area (Å²) in [4.78, 5) is 26.4. The molecule has 8 heteroatoms. The van der Waals surface area contributed by atoms with Crippen LogP contribution in [0.25, 0.3) is 0 Å². The van der Waals surface area contributed by atoms with Crippen LogP contribution >= 0.6 is 0 Å². The van der Waals surface area contributed by atoms with Gasteiger partial charge in [0, 0.05) is 32.0 Å². The number of ether oxygens (including phenoxy) is 1. The van der Waals surface area contributed by atoms with Gasteiger partial charge in [-0.15, -0.1) is 0 Å². The van der Waals surface area contributed by atoms with Gasteiger partial charge < -0.3 is 9.64 Å². The average molecular weight is 423 g/mol. The number of anilines is 1. The van der Waals surface area contributed by atoms with Crippen LogP contribution in [-0.2, 0) is 24.3 Å². The second-order valence-electron chi connectivity index (χ2n) is 7.94. The molecule has 1 unspecified atom stereocenters. The minimum atomic E-state index is -3.35. The Morgan fingerprint density at radius 1 is 1.21 bits per heavy atom. The van der Waals surface area contributed by atoms with Crippen LogP contribution in [-0.4, -0.2) is 57.7 Å². The maximum Gasteiger partial charge on any atom is 0.309 e. The van der Waals surface area contributed by atoms with Gasteiger partial charge in [-0.2, -0.15) is 0 Å². The summed E-state index contributed by atoms with van der Waals surface area (Å²) in [6.07, 6.45) is 3.48. The van der Waals surface area contributed by atoms with Gasteiger partial charge in [0.1, 0.15) is 0 Å². The number of carbonyl (C=O) groups excluding carboxylic acids is 2. The number of nitrogens with zero attached hydrogens (tertiary/aromatic N) is 2. The first-order valence-electron chi connectivity index (χ1n) is 10.2. The predicted molar refractivity (Wildman–Crippen MR) is 111 cm³/mol. The first-order chi connectivity index (χ1) is 13.7. The highest BCUT2D eigenvalue weighted by molar-refractivity contribution is 7.92. The first kappa shape index (κ1) is 21.6. The lowest BCUT2D eigenvalue weighted by Gasteiger charge is -2.31. The first-order valence-corrected chi connectivity index (χ1v) is 12.1. The van der Waals surface area contributed by atoms with E-state index in [1.54, 1.807) is 6.92 Å². The molecule has 0 aliphatic carbocycles. The Morgan fingerprint density at radius 2 is 1.90 bits per heavy atom. The highest BCUT2D eigenvalue weighted by Gasteiger charge is 2.35. The molecule has 1 aromatic carbocycles. The molecule has 0 radical (unpaired) electrons. The normalized spacial score (nSPS) is 19.9. The van der Waals surface area contributed by atoms with E-state index in [1.807, 2.05) is 30.0 Å². The summed E-state index contributed by atoms with van der Waals surface area (Å²) in [5, 5.41) is 0. The molecule has 1 aromatic rings. The molecule has 1 atom stereocenters. The fourth-order valence-electron chi connectivity index (χ4n) is 4.43. The Kier molecular flexibility index (Phi) is 6.51. The molecular weight excluding hydrogens is 392 g/mol. The summed E-state index contributed by atoms with van der Waals surface area (Å²) >= 11 is 0. The van der Waals surface area contributed by atoms with Crippen molar-refractivity contribution >= 4 is 27.6 Å². The van der Waals surface area contributed by atoms with Crippen molar-refractivity contribution in [3.8, 4) is 0 Å². The Labute approximate surface area is 173 Å². The van der Waals surface area contributed by atoms with Crippen molar-refractivity contribution in [2.75, 3.05) is 36.8 Å². The molecule has 3 rings (SSSR count). The number of amides is 1. The molecule has 1 amide bonds. The lowest BCUT2D eigenvalue weighted by atomic mass is 9.92. The molecule has 0 saturated carbocycles. The largest absolute Gasteiger partial charge is 0.466 e. The molecule has 2 aliphatic rings. The van der Waals surface area contributed by atoms with E-state index in [0.717, 1.165) is 16.8 Å². The maximum absolute atomic E-state index is 12.7. The number of hydrogen-bond donors (Lipinski definition) is 0. The van der Waals surface area contributed by atoms with E-state index >= 15 is 0 Å². The van der Waals surface area contributed by atoms with E-state index in [0.29, 0.717) is 51.9 Å². The molecule has 1 saturated heterocycles. The summed E-state index contributed by atoms with van der Waals surface area (Å²) in [6, 6.07) is 5.69. The van der Waals surface area contributed by atoms with E-state index in [2.05, 4.69) is 0 Å². The number of piperidine rings is 1. The number of likely N-dealkylation sites (tertiary alicyclic amines) is 1. The van der Waals surface area contributed by atoms with Crippen LogP contribution in [0.3, 0.4) is 0 Å². The zero-order chi connectivity index (χ0) is 21.2. The number of carbonyl (C=O) groups is 2. The van der Waals surface area contributed by atoms with Crippen LogP contribution in [0.5, 0.6) is 0 Å². The Hall–Kier alpha value is -2.09. The van der Waals surface area contributed by atoms with Crippen molar-refractivity contribution in [3.63, 3.8) is 0 Å². The van der Waals surface area contributed by atoms with E-state index < -0.39 is 10.0 Å². The van der Waals surface area contributed by atoms with Crippen molar-refractivity contribution in [1.29, 1.82) is 0 Å². The molecule has 29 heavy (non-hydrogen) atoms. The smallest absolute Gasteiger partial charge is 0.309 e. The lowest BCUT2D eigenvalue weighted by Crippen LogP contribution is -2.40. The number of rotatable bonds is 6. The third kappa shape index (κ3) is 4.74. The van der Waals surface area contributed by atoms with Crippen molar-refractivity contribution in [3.05, 3.63) is 29.3 Å². The van der Waals surface area contributed by atoms with Crippen molar-refractivity contribution < 1.29 is 22.7 Å². The fourth-order valence-corrected chi connectivity index (χ4v) is 5.40. The number of aryl methyl sites for hydroxylation is 1. The number of hydrogen-bond acceptors (Lipinski definition) is 5. The quantitative estimate of drug-likeness (QED) is 0.658. The van der Waals surface area contributed by atoms with Gasteiger partial charge in [0.05, 0.1) is 24.5 Å². The summed E-state index contributed by atoms with van der Waals surface area (Å²) < 4.78 is 30.9. The minimum Gasteiger partial charge on any atom is -0.466 e. The molecule has 160 valence electrons. The standard InChI is InChI=1S/C21H30N2O5S/c1-4-28-21(25)16-10-12-22(13-11-16)19(24)9-8-17-14-23(29(3,26)27)18-7-5-6-15(2)20(17)18/h5-7,16-17H,4,8-14H2,1-3H3. The number of benzene rings is 1. The van der Waals surface area contributed by atoms with E-state index in [-0.39, 0.29) is 23.7 Å². The summed E-state index contributed by atoms with van der Waals surface area (Å²) in [5.41, 5.74) is 2.83. The molecule has 0 spiro atoms. The summed E-state index contributed by atoms with van der Waals surface area (Å²) in [7, 11) is -3.35. The monoisotopic (exact) mass is 422 g/mol. The van der Waals surface area contributed by atoms with Gasteiger partial charge in [-0.25, -0.2) is 8.42 Å². The Bertz CT molecular complexity index is 875. The Morgan fingerprint density at radius 3 is 2.52 bits per heavy atom. The van der Waals surface area contributed by atoms with Crippen LogP contribution in [0.4, 0.5) is 5.69 Å². The number of sulfonamides is 1. The van der Waals surface area contributed by atoms with Crippen molar-refractivity contribution in [1.82, 2.24) is 4.90 Å². The third-order valence-corrected chi connectivity index (χ3v) is 7.09. The lowest BCUT2D eigenvalue weighted by molar-refractivity contribution is -0.151. The van der Waals surface area contributed by atoms with E-state index in [4.69, 9.17) is 4.74 Å². The molecule has 2 aliphatic heterocycles. The van der Waals surface area contributed by atoms with Gasteiger partial charge in [0.2, 0.25) is 15.9 Å². The second-order valence-corrected chi connectivity index (χ2v) is 9.85. The molecule has 0 aromatic heterocycles. The SMILES string of the molecule is CCOC(=O)C1CCN(C(=O)CCC2CN(S(C)(=O)=O)c3cccc(C)c32)CC1. The van der Waals surface area contributed by atoms with Gasteiger partial charge in [-0.1, -0.05) is 12.1 Å². The highest BCUT2D eigenvalue weighted by atomic mass is 32.2. The van der Waals surface area contributed by atoms with Gasteiger partial charge >= 0.3 is 5.97 Å².